The highest BCUT2D eigenvalue weighted by Crippen LogP contribution is 2.23. The first kappa shape index (κ1) is 27.4. The molecule has 0 aliphatic heterocycles. The standard InChI is InChI=1S/C28H31N3O6/c1-31(2,18-6-17-30(36)26(32)15-16-27(33)34)19-21-11-13-22(14-12-21)20-37-28(35)29-25-10-5-8-23-7-3-4-9-24(23)25/h3-5,7-16,36H,6,17-20H2,1-2H3,(H-,29,33,34,35)/p+1. The molecule has 3 aromatic carbocycles. The largest absolute Gasteiger partial charge is 0.478 e. The number of carbonyl (C=O) groups is 3. The Balaban J connectivity index is 1.44. The molecule has 0 fully saturated rings. The van der Waals surface area contributed by atoms with Crippen LogP contribution in [0.3, 0.4) is 0 Å². The van der Waals surface area contributed by atoms with E-state index in [0.29, 0.717) is 34.3 Å². The predicted octanol–water partition coefficient (Wildman–Crippen LogP) is 4.41. The molecule has 9 nitrogen and oxygen atoms in total. The first-order valence-electron chi connectivity index (χ1n) is 11.9. The van der Waals surface area contributed by atoms with Crippen molar-refractivity contribution in [3.8, 4) is 0 Å². The van der Waals surface area contributed by atoms with Gasteiger partial charge in [-0.3, -0.25) is 15.3 Å². The SMILES string of the molecule is C[N+](C)(CCCN(O)C(=O)C=CC(=O)O)Cc1ccc(COC(=O)Nc2cccc3ccccc23)cc1. The first-order valence-corrected chi connectivity index (χ1v) is 11.9. The Morgan fingerprint density at radius 1 is 0.946 bits per heavy atom. The van der Waals surface area contributed by atoms with Gasteiger partial charge in [0.05, 0.1) is 32.9 Å². The summed E-state index contributed by atoms with van der Waals surface area (Å²) in [5.74, 6) is -2.02. The fourth-order valence-corrected chi connectivity index (χ4v) is 3.93. The van der Waals surface area contributed by atoms with Crippen molar-refractivity contribution in [1.82, 2.24) is 5.06 Å². The van der Waals surface area contributed by atoms with Crippen LogP contribution in [0.1, 0.15) is 17.5 Å². The molecule has 0 saturated carbocycles. The quantitative estimate of drug-likeness (QED) is 0.154. The third kappa shape index (κ3) is 8.75. The maximum absolute atomic E-state index is 12.3. The molecule has 194 valence electrons. The highest BCUT2D eigenvalue weighted by molar-refractivity contribution is 6.00. The molecule has 0 radical (unpaired) electrons. The van der Waals surface area contributed by atoms with E-state index in [1.54, 1.807) is 0 Å². The topological polar surface area (TPSA) is 116 Å². The van der Waals surface area contributed by atoms with Gasteiger partial charge in [0, 0.05) is 29.5 Å². The number of anilines is 1. The number of carboxylic acids is 1. The molecule has 9 heteroatoms. The Bertz CT molecular complexity index is 1270. The van der Waals surface area contributed by atoms with E-state index >= 15 is 0 Å². The van der Waals surface area contributed by atoms with Gasteiger partial charge in [-0.1, -0.05) is 60.7 Å². The van der Waals surface area contributed by atoms with Crippen molar-refractivity contribution >= 4 is 34.4 Å². The minimum absolute atomic E-state index is 0.0988. The van der Waals surface area contributed by atoms with Crippen molar-refractivity contribution < 1.29 is 33.9 Å². The number of benzene rings is 3. The van der Waals surface area contributed by atoms with Crippen LogP contribution in [-0.4, -0.2) is 65.0 Å². The second kappa shape index (κ2) is 12.7. The number of aliphatic carboxylic acids is 1. The van der Waals surface area contributed by atoms with E-state index in [9.17, 15) is 19.6 Å². The van der Waals surface area contributed by atoms with Gasteiger partial charge in [-0.25, -0.2) is 14.7 Å². The number of rotatable bonds is 11. The summed E-state index contributed by atoms with van der Waals surface area (Å²) < 4.78 is 6.02. The summed E-state index contributed by atoms with van der Waals surface area (Å²) in [5, 5.41) is 23.6. The lowest BCUT2D eigenvalue weighted by Gasteiger charge is -2.30. The van der Waals surface area contributed by atoms with Gasteiger partial charge in [0.1, 0.15) is 13.2 Å². The summed E-state index contributed by atoms with van der Waals surface area (Å²) in [6, 6.07) is 21.3. The van der Waals surface area contributed by atoms with Crippen LogP contribution >= 0.6 is 0 Å². The minimum atomic E-state index is -1.25. The Hall–Kier alpha value is -4.21. The second-order valence-corrected chi connectivity index (χ2v) is 9.35. The molecule has 3 rings (SSSR count). The summed E-state index contributed by atoms with van der Waals surface area (Å²) in [6.07, 6.45) is 1.53. The Morgan fingerprint density at radius 2 is 1.62 bits per heavy atom. The van der Waals surface area contributed by atoms with Crippen molar-refractivity contribution in [1.29, 1.82) is 0 Å². The van der Waals surface area contributed by atoms with Crippen molar-refractivity contribution in [3.63, 3.8) is 0 Å². The Kier molecular flexibility index (Phi) is 9.37. The van der Waals surface area contributed by atoms with Crippen LogP contribution in [0.25, 0.3) is 10.8 Å². The van der Waals surface area contributed by atoms with Crippen LogP contribution in [-0.2, 0) is 27.5 Å². The van der Waals surface area contributed by atoms with Crippen molar-refractivity contribution in [2.24, 2.45) is 0 Å². The molecule has 0 saturated heterocycles. The van der Waals surface area contributed by atoms with Crippen LogP contribution in [0.5, 0.6) is 0 Å². The minimum Gasteiger partial charge on any atom is -0.478 e. The molecule has 37 heavy (non-hydrogen) atoms. The molecular weight excluding hydrogens is 474 g/mol. The molecule has 0 aliphatic rings. The maximum Gasteiger partial charge on any atom is 0.411 e. The monoisotopic (exact) mass is 506 g/mol. The van der Waals surface area contributed by atoms with Crippen LogP contribution in [0.4, 0.5) is 10.5 Å². The van der Waals surface area contributed by atoms with E-state index in [4.69, 9.17) is 9.84 Å². The lowest BCUT2D eigenvalue weighted by atomic mass is 10.1. The van der Waals surface area contributed by atoms with Gasteiger partial charge in [-0.15, -0.1) is 0 Å². The third-order valence-corrected chi connectivity index (χ3v) is 5.79. The molecule has 2 amide bonds. The molecule has 0 atom stereocenters. The number of ether oxygens (including phenoxy) is 1. The zero-order chi connectivity index (χ0) is 26.8. The van der Waals surface area contributed by atoms with E-state index in [1.807, 2.05) is 80.8 Å². The number of fused-ring (bicyclic) bond motifs is 1. The lowest BCUT2D eigenvalue weighted by molar-refractivity contribution is -0.903. The van der Waals surface area contributed by atoms with Gasteiger partial charge in [-0.2, -0.15) is 0 Å². The van der Waals surface area contributed by atoms with Crippen molar-refractivity contribution in [2.75, 3.05) is 32.5 Å². The smallest absolute Gasteiger partial charge is 0.411 e. The number of carboxylic acid groups (broad SMARTS) is 1. The van der Waals surface area contributed by atoms with E-state index in [-0.39, 0.29) is 13.2 Å². The number of amides is 2. The fraction of sp³-hybridized carbons (Fsp3) is 0.250. The zero-order valence-electron chi connectivity index (χ0n) is 21.0. The summed E-state index contributed by atoms with van der Waals surface area (Å²) >= 11 is 0. The van der Waals surface area contributed by atoms with E-state index in [0.717, 1.165) is 34.5 Å². The van der Waals surface area contributed by atoms with Crippen LogP contribution in [0.15, 0.2) is 78.9 Å². The molecule has 3 aromatic rings. The molecule has 0 unspecified atom stereocenters. The van der Waals surface area contributed by atoms with Crippen LogP contribution in [0.2, 0.25) is 0 Å². The van der Waals surface area contributed by atoms with E-state index in [2.05, 4.69) is 5.32 Å². The van der Waals surface area contributed by atoms with Gasteiger partial charge >= 0.3 is 12.1 Å². The highest BCUT2D eigenvalue weighted by Gasteiger charge is 2.17. The fourth-order valence-electron chi connectivity index (χ4n) is 3.93. The van der Waals surface area contributed by atoms with E-state index in [1.165, 1.54) is 0 Å². The summed E-state index contributed by atoms with van der Waals surface area (Å²) in [4.78, 5) is 34.5. The third-order valence-electron chi connectivity index (χ3n) is 5.79. The van der Waals surface area contributed by atoms with Crippen molar-refractivity contribution in [2.45, 2.75) is 19.6 Å². The average Bonchev–Trinajstić information content (AvgIpc) is 2.86. The summed E-state index contributed by atoms with van der Waals surface area (Å²) in [7, 11) is 4.09. The number of nitrogens with zero attached hydrogens (tertiary/aromatic N) is 2. The van der Waals surface area contributed by atoms with Gasteiger partial charge < -0.3 is 14.3 Å². The summed E-state index contributed by atoms with van der Waals surface area (Å²) in [5.41, 5.74) is 2.66. The molecule has 0 bridgehead atoms. The molecule has 0 spiro atoms. The number of carbonyl (C=O) groups excluding carboxylic acids is 2. The Morgan fingerprint density at radius 3 is 2.35 bits per heavy atom. The van der Waals surface area contributed by atoms with Crippen LogP contribution < -0.4 is 5.32 Å². The average molecular weight is 507 g/mol. The van der Waals surface area contributed by atoms with Crippen molar-refractivity contribution in [3.05, 3.63) is 90.0 Å². The number of hydroxylamine groups is 2. The van der Waals surface area contributed by atoms with Gasteiger partial charge in [0.15, 0.2) is 0 Å². The second-order valence-electron chi connectivity index (χ2n) is 9.35. The zero-order valence-corrected chi connectivity index (χ0v) is 21.0. The lowest BCUT2D eigenvalue weighted by Crippen LogP contribution is -2.41. The highest BCUT2D eigenvalue weighted by atomic mass is 16.5. The van der Waals surface area contributed by atoms with Gasteiger partial charge in [0.2, 0.25) is 0 Å². The molecule has 0 aromatic heterocycles. The number of nitrogens with one attached hydrogen (secondary N) is 1. The maximum atomic E-state index is 12.3. The first-order chi connectivity index (χ1) is 17.6. The Labute approximate surface area is 215 Å². The van der Waals surface area contributed by atoms with Gasteiger partial charge in [-0.05, 0) is 17.0 Å². The molecule has 3 N–H and O–H groups in total. The molecular formula is C28H32N3O6+. The molecule has 0 aliphatic carbocycles. The van der Waals surface area contributed by atoms with E-state index < -0.39 is 18.0 Å². The molecule has 0 heterocycles. The van der Waals surface area contributed by atoms with Gasteiger partial charge in [0.25, 0.3) is 5.91 Å². The normalized spacial score (nSPS) is 11.4. The number of hydrogen-bond donors (Lipinski definition) is 3. The number of hydrogen-bond acceptors (Lipinski definition) is 5. The number of quaternary nitrogens is 1. The summed E-state index contributed by atoms with van der Waals surface area (Å²) in [6.45, 7) is 1.65. The van der Waals surface area contributed by atoms with Crippen LogP contribution in [0, 0.1) is 0 Å². The predicted molar refractivity (Wildman–Crippen MR) is 140 cm³/mol.